The van der Waals surface area contributed by atoms with E-state index in [-0.39, 0.29) is 133 Å². The average molecular weight is 707 g/mol. The van der Waals surface area contributed by atoms with Crippen LogP contribution < -0.4 is 93.4 Å². The summed E-state index contributed by atoms with van der Waals surface area (Å²) in [7, 11) is -15.8. The minimum atomic E-state index is -5.32. The third-order valence-electron chi connectivity index (χ3n) is 7.26. The molecule has 0 unspecified atom stereocenters. The second-order valence-electron chi connectivity index (χ2n) is 10.2. The Bertz CT molecular complexity index is 1930. The van der Waals surface area contributed by atoms with Crippen LogP contribution >= 0.6 is 0 Å². The Labute approximate surface area is 329 Å². The maximum Gasteiger partial charge on any atom is 1.00 e. The Hall–Kier alpha value is 0.120. The zero-order chi connectivity index (χ0) is 30.9. The van der Waals surface area contributed by atoms with E-state index in [0.29, 0.717) is 12.5 Å². The quantitative estimate of drug-likeness (QED) is 0.0311. The standard InChI is InChI=1S/C28H32O11S3.3Na/c1-2-3-4-5-6-7-8-9-10-11-26(29)39-22-16-23(40(30,31)32)19-14-15-21-25(42(36,37)38)17-24(41(33,34)35)20-13-12-18(22)27(19)28(20)21;;;/h12-17H,2-11H2,1H3,(H,30,31,32)(H,33,34,35)(H,36,37,38);;;/q;3*+1/p-3. The molecule has 4 aromatic carbocycles. The molecule has 0 amide bonds. The van der Waals surface area contributed by atoms with Crippen LogP contribution in [-0.4, -0.2) is 44.9 Å². The number of hydrogen-bond donors (Lipinski definition) is 0. The molecular formula is C28H29Na3O11S3. The minimum Gasteiger partial charge on any atom is -0.744 e. The first-order valence-electron chi connectivity index (χ1n) is 13.5. The van der Waals surface area contributed by atoms with Crippen molar-refractivity contribution >= 4 is 68.6 Å². The molecule has 0 saturated heterocycles. The van der Waals surface area contributed by atoms with Gasteiger partial charge in [-0.15, -0.1) is 0 Å². The second kappa shape index (κ2) is 17.7. The molecule has 0 N–H and O–H groups in total. The number of unbranched alkanes of at least 4 members (excludes halogenated alkanes) is 8. The van der Waals surface area contributed by atoms with Crippen LogP contribution in [0.15, 0.2) is 51.1 Å². The molecule has 4 aromatic rings. The molecule has 0 aromatic heterocycles. The van der Waals surface area contributed by atoms with Crippen LogP contribution in [0, 0.1) is 0 Å². The van der Waals surface area contributed by atoms with E-state index in [0.717, 1.165) is 43.9 Å². The van der Waals surface area contributed by atoms with Crippen LogP contribution in [0.2, 0.25) is 0 Å². The predicted octanol–water partition coefficient (Wildman–Crippen LogP) is -3.87. The minimum absolute atomic E-state index is 0. The molecule has 45 heavy (non-hydrogen) atoms. The van der Waals surface area contributed by atoms with Crippen molar-refractivity contribution in [2.24, 2.45) is 0 Å². The van der Waals surface area contributed by atoms with Crippen molar-refractivity contribution in [3.63, 3.8) is 0 Å². The first-order chi connectivity index (χ1) is 19.6. The number of carbonyl (C=O) groups is 1. The van der Waals surface area contributed by atoms with Crippen molar-refractivity contribution in [2.45, 2.75) is 85.8 Å². The van der Waals surface area contributed by atoms with E-state index in [4.69, 9.17) is 4.74 Å². The molecule has 0 aliphatic carbocycles. The maximum absolute atomic E-state index is 12.7. The smallest absolute Gasteiger partial charge is 0.744 e. The summed E-state index contributed by atoms with van der Waals surface area (Å²) in [4.78, 5) is 9.88. The van der Waals surface area contributed by atoms with E-state index >= 15 is 0 Å². The Morgan fingerprint density at radius 1 is 0.578 bits per heavy atom. The normalized spacial score (nSPS) is 12.1. The number of benzene rings is 4. The van der Waals surface area contributed by atoms with Gasteiger partial charge in [-0.1, -0.05) is 76.5 Å². The summed E-state index contributed by atoms with van der Waals surface area (Å²) in [5, 5.41) is -1.17. The molecule has 0 atom stereocenters. The zero-order valence-electron chi connectivity index (χ0n) is 25.8. The largest absolute Gasteiger partial charge is 1.00 e. The van der Waals surface area contributed by atoms with E-state index in [1.54, 1.807) is 0 Å². The van der Waals surface area contributed by atoms with Crippen LogP contribution in [0.3, 0.4) is 0 Å². The van der Waals surface area contributed by atoms with Gasteiger partial charge in [-0.3, -0.25) is 4.79 Å². The van der Waals surface area contributed by atoms with E-state index in [9.17, 15) is 43.7 Å². The third-order valence-corrected chi connectivity index (χ3v) is 9.89. The maximum atomic E-state index is 12.7. The van der Waals surface area contributed by atoms with Gasteiger partial charge in [-0.05, 0) is 24.6 Å². The first-order valence-corrected chi connectivity index (χ1v) is 17.7. The van der Waals surface area contributed by atoms with Gasteiger partial charge >= 0.3 is 94.6 Å². The van der Waals surface area contributed by atoms with Crippen molar-refractivity contribution in [2.75, 3.05) is 0 Å². The number of esters is 1. The fraction of sp³-hybridized carbons (Fsp3) is 0.393. The van der Waals surface area contributed by atoms with Crippen molar-refractivity contribution in [1.29, 1.82) is 0 Å². The van der Waals surface area contributed by atoms with Crippen LogP contribution in [0.25, 0.3) is 32.3 Å². The van der Waals surface area contributed by atoms with Crippen LogP contribution in [0.5, 0.6) is 5.75 Å². The van der Waals surface area contributed by atoms with Gasteiger partial charge in [0, 0.05) is 38.7 Å². The van der Waals surface area contributed by atoms with Gasteiger partial charge in [0.2, 0.25) is 0 Å². The average Bonchev–Trinajstić information content (AvgIpc) is 2.89. The second-order valence-corrected chi connectivity index (χ2v) is 14.3. The Morgan fingerprint density at radius 3 is 1.36 bits per heavy atom. The van der Waals surface area contributed by atoms with Crippen molar-refractivity contribution < 1.29 is 137 Å². The molecular weight excluding hydrogens is 677 g/mol. The number of rotatable bonds is 14. The van der Waals surface area contributed by atoms with Crippen LogP contribution in [-0.2, 0) is 35.1 Å². The van der Waals surface area contributed by atoms with E-state index < -0.39 is 51.0 Å². The number of carbonyl (C=O) groups excluding carboxylic acids is 1. The van der Waals surface area contributed by atoms with Gasteiger partial charge in [0.05, 0.1) is 14.7 Å². The molecule has 0 saturated carbocycles. The summed E-state index contributed by atoms with van der Waals surface area (Å²) in [5.41, 5.74) is 0. The number of hydrogen-bond acceptors (Lipinski definition) is 11. The first kappa shape index (κ1) is 43.1. The van der Waals surface area contributed by atoms with E-state index in [1.807, 2.05) is 0 Å². The van der Waals surface area contributed by atoms with Gasteiger partial charge in [0.25, 0.3) is 0 Å². The van der Waals surface area contributed by atoms with Gasteiger partial charge in [0.1, 0.15) is 36.1 Å². The molecule has 0 aliphatic rings. The Balaban J connectivity index is 0.00000337. The fourth-order valence-electron chi connectivity index (χ4n) is 5.32. The molecule has 11 nitrogen and oxygen atoms in total. The predicted molar refractivity (Wildman–Crippen MR) is 152 cm³/mol. The van der Waals surface area contributed by atoms with Gasteiger partial charge < -0.3 is 18.4 Å². The third kappa shape index (κ3) is 10.3. The molecule has 0 spiro atoms. The van der Waals surface area contributed by atoms with E-state index in [1.165, 1.54) is 37.8 Å². The fourth-order valence-corrected chi connectivity index (χ4v) is 7.49. The SMILES string of the molecule is CCCCCCCCCCCC(=O)Oc1cc(S(=O)(=O)[O-])c2ccc3c(S(=O)(=O)[O-])cc(S(=O)(=O)[O-])c4ccc1c2c43.[Na+].[Na+].[Na+]. The summed E-state index contributed by atoms with van der Waals surface area (Å²) in [6.07, 6.45) is 9.14. The monoisotopic (exact) mass is 706 g/mol. The van der Waals surface area contributed by atoms with Gasteiger partial charge in [0.15, 0.2) is 0 Å². The van der Waals surface area contributed by atoms with Gasteiger partial charge in [-0.25, -0.2) is 25.3 Å². The van der Waals surface area contributed by atoms with E-state index in [2.05, 4.69) is 6.92 Å². The van der Waals surface area contributed by atoms with Crippen LogP contribution in [0.1, 0.15) is 71.1 Å². The molecule has 0 fully saturated rings. The summed E-state index contributed by atoms with van der Waals surface area (Å²) in [6.45, 7) is 2.15. The summed E-state index contributed by atoms with van der Waals surface area (Å²) >= 11 is 0. The van der Waals surface area contributed by atoms with Crippen molar-refractivity contribution in [3.05, 3.63) is 36.4 Å². The molecule has 4 rings (SSSR count). The summed E-state index contributed by atoms with van der Waals surface area (Å²) < 4.78 is 115. The van der Waals surface area contributed by atoms with Crippen LogP contribution in [0.4, 0.5) is 0 Å². The summed E-state index contributed by atoms with van der Waals surface area (Å²) in [5.74, 6) is -1.03. The molecule has 17 heteroatoms. The van der Waals surface area contributed by atoms with Crippen molar-refractivity contribution in [1.82, 2.24) is 0 Å². The molecule has 228 valence electrons. The zero-order valence-corrected chi connectivity index (χ0v) is 34.2. The molecule has 0 aliphatic heterocycles. The Morgan fingerprint density at radius 2 is 0.933 bits per heavy atom. The van der Waals surface area contributed by atoms with Gasteiger partial charge in [-0.2, -0.15) is 0 Å². The van der Waals surface area contributed by atoms with Crippen molar-refractivity contribution in [3.8, 4) is 5.75 Å². The number of ether oxygens (including phenoxy) is 1. The molecule has 0 heterocycles. The molecule has 0 radical (unpaired) electrons. The summed E-state index contributed by atoms with van der Waals surface area (Å²) in [6, 6.07) is 5.94. The topological polar surface area (TPSA) is 198 Å². The Kier molecular flexibility index (Phi) is 16.9. The molecule has 0 bridgehead atoms.